The first-order valence-electron chi connectivity index (χ1n) is 11.4. The van der Waals surface area contributed by atoms with Crippen molar-refractivity contribution >= 4 is 29.0 Å². The molecule has 0 amide bonds. The van der Waals surface area contributed by atoms with Crippen LogP contribution < -0.4 is 10.2 Å². The number of benzene rings is 2. The summed E-state index contributed by atoms with van der Waals surface area (Å²) in [6, 6.07) is 20.6. The van der Waals surface area contributed by atoms with Crippen molar-refractivity contribution in [3.8, 4) is 11.3 Å². The molecule has 7 heteroatoms. The molecule has 2 aromatic carbocycles. The number of carbonyl (C=O) groups is 1. The Bertz CT molecular complexity index is 1430. The quantitative estimate of drug-likeness (QED) is 0.330. The van der Waals surface area contributed by atoms with Gasteiger partial charge >= 0.3 is 5.97 Å². The van der Waals surface area contributed by atoms with E-state index in [1.165, 1.54) is 11.1 Å². The molecule has 2 aromatic heterocycles. The molecule has 0 bridgehead atoms. The highest BCUT2D eigenvalue weighted by Crippen LogP contribution is 2.43. The van der Waals surface area contributed by atoms with Gasteiger partial charge in [0.25, 0.3) is 0 Å². The molecule has 0 spiro atoms. The minimum absolute atomic E-state index is 0.209. The van der Waals surface area contributed by atoms with Crippen LogP contribution in [0.1, 0.15) is 50.6 Å². The predicted molar refractivity (Wildman–Crippen MR) is 140 cm³/mol. The van der Waals surface area contributed by atoms with E-state index in [-0.39, 0.29) is 17.6 Å². The number of furan rings is 1. The van der Waals surface area contributed by atoms with Crippen molar-refractivity contribution in [2.24, 2.45) is 0 Å². The molecule has 4 aromatic rings. The van der Waals surface area contributed by atoms with Gasteiger partial charge in [0.05, 0.1) is 17.3 Å². The molecule has 5 rings (SSSR count). The van der Waals surface area contributed by atoms with Crippen molar-refractivity contribution in [1.29, 1.82) is 0 Å². The van der Waals surface area contributed by atoms with Crippen LogP contribution >= 0.6 is 12.2 Å². The van der Waals surface area contributed by atoms with E-state index >= 15 is 0 Å². The van der Waals surface area contributed by atoms with E-state index in [1.807, 2.05) is 37.3 Å². The summed E-state index contributed by atoms with van der Waals surface area (Å²) < 4.78 is 6.42. The number of hydrogen-bond acceptors (Lipinski definition) is 4. The van der Waals surface area contributed by atoms with Gasteiger partial charge in [-0.1, -0.05) is 18.2 Å². The highest BCUT2D eigenvalue weighted by molar-refractivity contribution is 7.80. The molecule has 35 heavy (non-hydrogen) atoms. The van der Waals surface area contributed by atoms with E-state index in [2.05, 4.69) is 47.2 Å². The van der Waals surface area contributed by atoms with E-state index in [0.717, 1.165) is 28.3 Å². The number of hydrogen-bond donors (Lipinski definition) is 2. The molecule has 0 radical (unpaired) electrons. The second-order valence-electron chi connectivity index (χ2n) is 8.80. The smallest absolute Gasteiger partial charge is 0.335 e. The normalized spacial score (nSPS) is 17.5. The van der Waals surface area contributed by atoms with Crippen molar-refractivity contribution in [2.75, 3.05) is 4.90 Å². The fraction of sp³-hybridized carbons (Fsp3) is 0.179. The van der Waals surface area contributed by atoms with Gasteiger partial charge in [0.2, 0.25) is 0 Å². The monoisotopic (exact) mass is 483 g/mol. The Morgan fingerprint density at radius 2 is 1.83 bits per heavy atom. The number of anilines is 1. The maximum absolute atomic E-state index is 11.3. The van der Waals surface area contributed by atoms with Gasteiger partial charge in [-0.25, -0.2) is 4.79 Å². The molecule has 2 N–H and O–H groups in total. The maximum Gasteiger partial charge on any atom is 0.335 e. The molecule has 0 unspecified atom stereocenters. The number of aromatic carboxylic acids is 1. The van der Waals surface area contributed by atoms with E-state index < -0.39 is 5.97 Å². The minimum atomic E-state index is -0.951. The molecule has 1 fully saturated rings. The van der Waals surface area contributed by atoms with Gasteiger partial charge < -0.3 is 19.7 Å². The standard InChI is InChI=1S/C28H25N3O3S/c1-16-7-9-20(15-17(16)2)31-26(25(30-28(31)35)22-6-4-5-13-29-22)24-12-11-23(34-24)21-10-8-19(27(32)33)14-18(21)3/h4-15,25-26H,1-3H3,(H,30,35)(H,32,33)/t25-,26-/m1/s1. The third-order valence-corrected chi connectivity index (χ3v) is 6.84. The van der Waals surface area contributed by atoms with Crippen molar-refractivity contribution in [3.63, 3.8) is 0 Å². The fourth-order valence-corrected chi connectivity index (χ4v) is 4.87. The van der Waals surface area contributed by atoms with Crippen LogP contribution in [-0.4, -0.2) is 21.2 Å². The highest BCUT2D eigenvalue weighted by Gasteiger charge is 2.42. The number of aromatic nitrogens is 1. The van der Waals surface area contributed by atoms with E-state index in [9.17, 15) is 9.90 Å². The van der Waals surface area contributed by atoms with Gasteiger partial charge in [-0.05, 0) is 98.2 Å². The molecule has 2 atom stereocenters. The van der Waals surface area contributed by atoms with Gasteiger partial charge in [-0.3, -0.25) is 4.98 Å². The first-order chi connectivity index (χ1) is 16.8. The summed E-state index contributed by atoms with van der Waals surface area (Å²) in [4.78, 5) is 18.0. The highest BCUT2D eigenvalue weighted by atomic mass is 32.1. The summed E-state index contributed by atoms with van der Waals surface area (Å²) in [7, 11) is 0. The number of thiocarbonyl (C=S) groups is 1. The molecular formula is C28H25N3O3S. The number of carboxylic acid groups (broad SMARTS) is 1. The molecular weight excluding hydrogens is 458 g/mol. The van der Waals surface area contributed by atoms with Gasteiger partial charge in [0.1, 0.15) is 17.6 Å². The summed E-state index contributed by atoms with van der Waals surface area (Å²) in [5, 5.41) is 13.4. The van der Waals surface area contributed by atoms with Crippen LogP contribution in [0.25, 0.3) is 11.3 Å². The number of nitrogens with one attached hydrogen (secondary N) is 1. The summed E-state index contributed by atoms with van der Waals surface area (Å²) in [5.41, 5.74) is 6.17. The SMILES string of the molecule is Cc1ccc(N2C(=S)N[C@H](c3ccccn3)[C@H]2c2ccc(-c3ccc(C(=O)O)cc3C)o2)cc1C. The number of aryl methyl sites for hydroxylation is 3. The van der Waals surface area contributed by atoms with Gasteiger partial charge in [-0.15, -0.1) is 0 Å². The Morgan fingerprint density at radius 3 is 2.51 bits per heavy atom. The van der Waals surface area contributed by atoms with Crippen molar-refractivity contribution in [2.45, 2.75) is 32.9 Å². The number of rotatable bonds is 5. The second kappa shape index (κ2) is 9.00. The lowest BCUT2D eigenvalue weighted by atomic mass is 10.0. The zero-order valence-electron chi connectivity index (χ0n) is 19.6. The lowest BCUT2D eigenvalue weighted by Crippen LogP contribution is -2.29. The number of nitrogens with zero attached hydrogens (tertiary/aromatic N) is 2. The average Bonchev–Trinajstić information content (AvgIpc) is 3.46. The third kappa shape index (κ3) is 4.19. The topological polar surface area (TPSA) is 78.6 Å². The van der Waals surface area contributed by atoms with E-state index in [0.29, 0.717) is 10.9 Å². The fourth-order valence-electron chi connectivity index (χ4n) is 4.53. The van der Waals surface area contributed by atoms with Crippen LogP contribution in [0.15, 0.2) is 77.3 Å². The largest absolute Gasteiger partial charge is 0.478 e. The number of pyridine rings is 1. The molecule has 1 aliphatic rings. The number of carboxylic acids is 1. The average molecular weight is 484 g/mol. The van der Waals surface area contributed by atoms with Crippen LogP contribution in [0.2, 0.25) is 0 Å². The Hall–Kier alpha value is -3.97. The van der Waals surface area contributed by atoms with Crippen LogP contribution in [-0.2, 0) is 0 Å². The van der Waals surface area contributed by atoms with Gasteiger partial charge in [0.15, 0.2) is 5.11 Å². The Morgan fingerprint density at radius 1 is 1.00 bits per heavy atom. The van der Waals surface area contributed by atoms with Crippen LogP contribution in [0.4, 0.5) is 5.69 Å². The molecule has 1 aliphatic heterocycles. The van der Waals surface area contributed by atoms with Gasteiger partial charge in [-0.2, -0.15) is 0 Å². The first-order valence-corrected chi connectivity index (χ1v) is 11.8. The lowest BCUT2D eigenvalue weighted by Gasteiger charge is -2.26. The lowest BCUT2D eigenvalue weighted by molar-refractivity contribution is 0.0696. The molecule has 6 nitrogen and oxygen atoms in total. The molecule has 3 heterocycles. The van der Waals surface area contributed by atoms with E-state index in [4.69, 9.17) is 16.6 Å². The Balaban J connectivity index is 1.60. The van der Waals surface area contributed by atoms with Crippen molar-refractivity contribution in [1.82, 2.24) is 10.3 Å². The summed E-state index contributed by atoms with van der Waals surface area (Å²) in [6.07, 6.45) is 1.77. The maximum atomic E-state index is 11.3. The zero-order chi connectivity index (χ0) is 24.7. The Kier molecular flexibility index (Phi) is 5.86. The van der Waals surface area contributed by atoms with Crippen LogP contribution in [0.5, 0.6) is 0 Å². The molecule has 0 saturated carbocycles. The Labute approximate surface area is 209 Å². The second-order valence-corrected chi connectivity index (χ2v) is 9.19. The van der Waals surface area contributed by atoms with Crippen molar-refractivity contribution in [3.05, 3.63) is 107 Å². The summed E-state index contributed by atoms with van der Waals surface area (Å²) >= 11 is 5.80. The van der Waals surface area contributed by atoms with E-state index in [1.54, 1.807) is 24.4 Å². The third-order valence-electron chi connectivity index (χ3n) is 6.52. The minimum Gasteiger partial charge on any atom is -0.478 e. The van der Waals surface area contributed by atoms with Gasteiger partial charge in [0, 0.05) is 17.4 Å². The predicted octanol–water partition coefficient (Wildman–Crippen LogP) is 6.14. The summed E-state index contributed by atoms with van der Waals surface area (Å²) in [6.45, 7) is 6.06. The first kappa shape index (κ1) is 22.8. The van der Waals surface area contributed by atoms with Crippen LogP contribution in [0.3, 0.4) is 0 Å². The van der Waals surface area contributed by atoms with Crippen molar-refractivity contribution < 1.29 is 14.3 Å². The molecule has 176 valence electrons. The molecule has 0 aliphatic carbocycles. The molecule has 1 saturated heterocycles. The summed E-state index contributed by atoms with van der Waals surface area (Å²) in [5.74, 6) is 0.461. The van der Waals surface area contributed by atoms with Crippen LogP contribution in [0, 0.1) is 20.8 Å². The zero-order valence-corrected chi connectivity index (χ0v) is 20.5.